The molecule has 1 aliphatic rings. The normalized spacial score (nSPS) is 29.8. The number of benzene rings is 1. The van der Waals surface area contributed by atoms with Crippen LogP contribution < -0.4 is 14.8 Å². The van der Waals surface area contributed by atoms with Crippen molar-refractivity contribution in [1.29, 1.82) is 0 Å². The molecule has 0 aliphatic carbocycles. The minimum absolute atomic E-state index is 0.213. The summed E-state index contributed by atoms with van der Waals surface area (Å²) in [4.78, 5) is 11.1. The molecule has 1 aromatic carbocycles. The Morgan fingerprint density at radius 2 is 1.92 bits per heavy atom. The number of aliphatic carboxylic acids is 1. The maximum absolute atomic E-state index is 11.1. The number of aliphatic hydroxyl groups is 3. The number of nitrogens with one attached hydrogen (secondary N) is 1. The molecule has 2 rings (SSSR count). The number of ether oxygens (including phenoxy) is 3. The van der Waals surface area contributed by atoms with Gasteiger partial charge in [-0.1, -0.05) is 6.07 Å². The van der Waals surface area contributed by atoms with Gasteiger partial charge in [0.1, 0.15) is 18.3 Å². The van der Waals surface area contributed by atoms with Crippen LogP contribution >= 0.6 is 0 Å². The fraction of sp³-hybridized carbons (Fsp3) is 0.588. The van der Waals surface area contributed by atoms with Gasteiger partial charge in [-0.05, 0) is 38.1 Å². The average molecular weight is 371 g/mol. The quantitative estimate of drug-likeness (QED) is 0.413. The predicted octanol–water partition coefficient (Wildman–Crippen LogP) is -0.883. The Morgan fingerprint density at radius 1 is 1.23 bits per heavy atom. The molecule has 1 aliphatic heterocycles. The van der Waals surface area contributed by atoms with Crippen molar-refractivity contribution in [2.75, 3.05) is 14.2 Å². The van der Waals surface area contributed by atoms with Crippen LogP contribution in [-0.4, -0.2) is 77.3 Å². The van der Waals surface area contributed by atoms with Gasteiger partial charge in [0, 0.05) is 6.04 Å². The molecule has 1 heterocycles. The molecule has 9 heteroatoms. The van der Waals surface area contributed by atoms with Crippen LogP contribution in [0.25, 0.3) is 0 Å². The summed E-state index contributed by atoms with van der Waals surface area (Å²) in [5.41, 5.74) is 0.986. The molecule has 5 N–H and O–H groups in total. The second-order valence-electron chi connectivity index (χ2n) is 6.23. The zero-order valence-electron chi connectivity index (χ0n) is 14.8. The molecular weight excluding hydrogens is 346 g/mol. The van der Waals surface area contributed by atoms with Crippen molar-refractivity contribution < 1.29 is 39.4 Å². The standard InChI is InChI=1S/C17H25NO8/c1-8(18-2)6-9-4-5-10(11(7-9)24-3)25-17-14(21)12(19)13(20)15(26-17)16(22)23/h4-5,7-8,12-15,17-21H,6H2,1-3H3,(H,22,23)/t8-,12-,13-,14+,15-,17+/m0/s1. The van der Waals surface area contributed by atoms with Crippen molar-refractivity contribution in [3.8, 4) is 11.5 Å². The molecule has 1 saturated heterocycles. The number of rotatable bonds is 7. The van der Waals surface area contributed by atoms with E-state index in [0.29, 0.717) is 5.75 Å². The van der Waals surface area contributed by atoms with Crippen molar-refractivity contribution in [3.63, 3.8) is 0 Å². The summed E-state index contributed by atoms with van der Waals surface area (Å²) in [7, 11) is 3.31. The third-order valence-electron chi connectivity index (χ3n) is 4.32. The van der Waals surface area contributed by atoms with E-state index < -0.39 is 36.7 Å². The second-order valence-corrected chi connectivity index (χ2v) is 6.23. The van der Waals surface area contributed by atoms with Gasteiger partial charge >= 0.3 is 5.97 Å². The molecule has 0 radical (unpaired) electrons. The van der Waals surface area contributed by atoms with E-state index in [2.05, 4.69) is 5.32 Å². The number of hydrogen-bond donors (Lipinski definition) is 5. The van der Waals surface area contributed by atoms with Crippen LogP contribution in [0.15, 0.2) is 18.2 Å². The molecule has 1 aromatic rings. The predicted molar refractivity (Wildman–Crippen MR) is 90.2 cm³/mol. The van der Waals surface area contributed by atoms with Gasteiger partial charge in [0.25, 0.3) is 0 Å². The molecular formula is C17H25NO8. The number of methoxy groups -OCH3 is 1. The Labute approximate surface area is 151 Å². The number of likely N-dealkylation sites (N-methyl/N-ethyl adjacent to an activating group) is 1. The van der Waals surface area contributed by atoms with Crippen molar-refractivity contribution in [1.82, 2.24) is 5.32 Å². The van der Waals surface area contributed by atoms with Gasteiger partial charge in [-0.2, -0.15) is 0 Å². The van der Waals surface area contributed by atoms with Crippen LogP contribution in [-0.2, 0) is 16.0 Å². The minimum Gasteiger partial charge on any atom is -0.493 e. The van der Waals surface area contributed by atoms with Crippen molar-refractivity contribution in [2.45, 2.75) is 50.1 Å². The smallest absolute Gasteiger partial charge is 0.335 e. The van der Waals surface area contributed by atoms with Crippen molar-refractivity contribution in [3.05, 3.63) is 23.8 Å². The van der Waals surface area contributed by atoms with Crippen LogP contribution in [0.3, 0.4) is 0 Å². The van der Waals surface area contributed by atoms with E-state index in [1.807, 2.05) is 14.0 Å². The van der Waals surface area contributed by atoms with E-state index in [1.165, 1.54) is 7.11 Å². The summed E-state index contributed by atoms with van der Waals surface area (Å²) >= 11 is 0. The van der Waals surface area contributed by atoms with Gasteiger partial charge in [0.2, 0.25) is 6.29 Å². The highest BCUT2D eigenvalue weighted by atomic mass is 16.7. The lowest BCUT2D eigenvalue weighted by atomic mass is 9.99. The molecule has 0 saturated carbocycles. The van der Waals surface area contributed by atoms with E-state index in [4.69, 9.17) is 19.3 Å². The number of aliphatic hydroxyl groups excluding tert-OH is 3. The lowest BCUT2D eigenvalue weighted by molar-refractivity contribution is -0.271. The average Bonchev–Trinajstić information content (AvgIpc) is 2.62. The molecule has 0 bridgehead atoms. The lowest BCUT2D eigenvalue weighted by Crippen LogP contribution is -2.61. The lowest BCUT2D eigenvalue weighted by Gasteiger charge is -2.38. The highest BCUT2D eigenvalue weighted by Gasteiger charge is 2.48. The third kappa shape index (κ3) is 4.43. The Balaban J connectivity index is 2.19. The summed E-state index contributed by atoms with van der Waals surface area (Å²) in [6, 6.07) is 5.43. The molecule has 0 spiro atoms. The maximum atomic E-state index is 11.1. The first-order valence-electron chi connectivity index (χ1n) is 8.21. The van der Waals surface area contributed by atoms with Crippen LogP contribution in [0.5, 0.6) is 11.5 Å². The van der Waals surface area contributed by atoms with E-state index in [9.17, 15) is 20.1 Å². The molecule has 0 aromatic heterocycles. The number of carboxylic acid groups (broad SMARTS) is 1. The van der Waals surface area contributed by atoms with Crippen molar-refractivity contribution >= 4 is 5.97 Å². The van der Waals surface area contributed by atoms with Crippen LogP contribution in [0.4, 0.5) is 0 Å². The van der Waals surface area contributed by atoms with Gasteiger partial charge in [-0.25, -0.2) is 4.79 Å². The third-order valence-corrected chi connectivity index (χ3v) is 4.32. The van der Waals surface area contributed by atoms with Gasteiger partial charge in [0.15, 0.2) is 17.6 Å². The van der Waals surface area contributed by atoms with Crippen LogP contribution in [0.2, 0.25) is 0 Å². The number of hydrogen-bond acceptors (Lipinski definition) is 8. The first-order chi connectivity index (χ1) is 12.3. The van der Waals surface area contributed by atoms with Gasteiger partial charge in [0.05, 0.1) is 7.11 Å². The fourth-order valence-corrected chi connectivity index (χ4v) is 2.67. The molecule has 146 valence electrons. The first-order valence-corrected chi connectivity index (χ1v) is 8.21. The topological polar surface area (TPSA) is 138 Å². The summed E-state index contributed by atoms with van der Waals surface area (Å²) in [5.74, 6) is -0.889. The minimum atomic E-state index is -1.77. The SMILES string of the molecule is CN[C@@H](C)Cc1ccc(O[C@@H]2O[C@H](C(=O)O)[C@@H](O)[C@H](O)[C@H]2O)c(OC)c1. The summed E-state index contributed by atoms with van der Waals surface area (Å²) in [6.45, 7) is 2.03. The number of carboxylic acids is 1. The Kier molecular flexibility index (Phi) is 6.79. The summed E-state index contributed by atoms with van der Waals surface area (Å²) in [6.07, 6.45) is -7.58. The van der Waals surface area contributed by atoms with Crippen LogP contribution in [0.1, 0.15) is 12.5 Å². The van der Waals surface area contributed by atoms with Crippen molar-refractivity contribution in [2.24, 2.45) is 0 Å². The first kappa shape index (κ1) is 20.4. The van der Waals surface area contributed by atoms with Gasteiger partial charge in [-0.15, -0.1) is 0 Å². The zero-order chi connectivity index (χ0) is 19.4. The molecule has 1 fully saturated rings. The number of carbonyl (C=O) groups is 1. The van der Waals surface area contributed by atoms with Gasteiger partial charge in [-0.3, -0.25) is 0 Å². The van der Waals surface area contributed by atoms with E-state index in [-0.39, 0.29) is 11.8 Å². The summed E-state index contributed by atoms with van der Waals surface area (Å²) < 4.78 is 15.9. The second kappa shape index (κ2) is 8.65. The monoisotopic (exact) mass is 371 g/mol. The Morgan fingerprint density at radius 3 is 2.50 bits per heavy atom. The van der Waals surface area contributed by atoms with Crippen LogP contribution in [0, 0.1) is 0 Å². The zero-order valence-corrected chi connectivity index (χ0v) is 14.8. The van der Waals surface area contributed by atoms with E-state index >= 15 is 0 Å². The molecule has 26 heavy (non-hydrogen) atoms. The molecule has 0 amide bonds. The maximum Gasteiger partial charge on any atom is 0.335 e. The van der Waals surface area contributed by atoms with E-state index in [1.54, 1.807) is 18.2 Å². The van der Waals surface area contributed by atoms with Gasteiger partial charge < -0.3 is 40.0 Å². The highest BCUT2D eigenvalue weighted by Crippen LogP contribution is 2.32. The molecule has 9 nitrogen and oxygen atoms in total. The Bertz CT molecular complexity index is 625. The Hall–Kier alpha value is -1.91. The van der Waals surface area contributed by atoms with E-state index in [0.717, 1.165) is 12.0 Å². The largest absolute Gasteiger partial charge is 0.493 e. The highest BCUT2D eigenvalue weighted by molar-refractivity contribution is 5.73. The summed E-state index contributed by atoms with van der Waals surface area (Å²) in [5, 5.41) is 41.8. The molecule has 0 unspecified atom stereocenters. The molecule has 6 atom stereocenters. The fourth-order valence-electron chi connectivity index (χ4n) is 2.67.